The van der Waals surface area contributed by atoms with E-state index in [2.05, 4.69) is 12.1 Å². The molecule has 0 heterocycles. The molecule has 0 unspecified atom stereocenters. The van der Waals surface area contributed by atoms with E-state index >= 15 is 0 Å². The van der Waals surface area contributed by atoms with Gasteiger partial charge in [-0.15, -0.1) is 0 Å². The van der Waals surface area contributed by atoms with E-state index in [0.29, 0.717) is 11.7 Å². The van der Waals surface area contributed by atoms with Crippen LogP contribution in [0.25, 0.3) is 0 Å². The molecule has 1 saturated carbocycles. The number of sulfone groups is 1. The average Bonchev–Trinajstić information content (AvgIpc) is 2.66. The maximum Gasteiger partial charge on any atom is 0.160 e. The Morgan fingerprint density at radius 2 is 1.59 bits per heavy atom. The lowest BCUT2D eigenvalue weighted by Crippen LogP contribution is -2.26. The number of rotatable bonds is 10. The van der Waals surface area contributed by atoms with Gasteiger partial charge in [0.25, 0.3) is 0 Å². The quantitative estimate of drug-likeness (QED) is 0.520. The molecule has 0 aliphatic heterocycles. The molecule has 1 fully saturated rings. The Kier molecular flexibility index (Phi) is 8.46. The molecule has 0 amide bonds. The van der Waals surface area contributed by atoms with Gasteiger partial charge in [-0.05, 0) is 69.1 Å². The molecule has 0 atom stereocenters. The summed E-state index contributed by atoms with van der Waals surface area (Å²) < 4.78 is 34.8. The van der Waals surface area contributed by atoms with Crippen molar-refractivity contribution in [3.63, 3.8) is 0 Å². The first-order valence-corrected chi connectivity index (χ1v) is 12.0. The van der Waals surface area contributed by atoms with Crippen LogP contribution in [0.2, 0.25) is 0 Å². The zero-order valence-corrected chi connectivity index (χ0v) is 18.2. The minimum atomic E-state index is -2.90. The van der Waals surface area contributed by atoms with Crippen molar-refractivity contribution in [2.75, 3.05) is 20.0 Å². The van der Waals surface area contributed by atoms with E-state index in [-0.39, 0.29) is 5.25 Å². The first kappa shape index (κ1) is 22.1. The Bertz CT molecular complexity index is 674. The molecule has 1 aliphatic carbocycles. The summed E-state index contributed by atoms with van der Waals surface area (Å²) in [7, 11) is 0.431. The minimum absolute atomic E-state index is 0.244. The summed E-state index contributed by atoms with van der Waals surface area (Å²) in [4.78, 5) is 0. The van der Waals surface area contributed by atoms with E-state index in [4.69, 9.17) is 9.47 Å². The number of methoxy groups -OCH3 is 2. The second-order valence-electron chi connectivity index (χ2n) is 8.20. The van der Waals surface area contributed by atoms with Gasteiger partial charge in [-0.25, -0.2) is 8.42 Å². The van der Waals surface area contributed by atoms with Crippen LogP contribution >= 0.6 is 0 Å². The Balaban J connectivity index is 1.68. The van der Waals surface area contributed by atoms with Crippen LogP contribution < -0.4 is 9.47 Å². The highest BCUT2D eigenvalue weighted by Gasteiger charge is 2.26. The second kappa shape index (κ2) is 10.4. The molecule has 0 saturated heterocycles. The summed E-state index contributed by atoms with van der Waals surface area (Å²) in [5.41, 5.74) is 1.29. The molecule has 5 heteroatoms. The van der Waals surface area contributed by atoms with Gasteiger partial charge in [0.15, 0.2) is 21.3 Å². The van der Waals surface area contributed by atoms with Gasteiger partial charge in [-0.2, -0.15) is 0 Å². The van der Waals surface area contributed by atoms with E-state index in [1.54, 1.807) is 28.1 Å². The van der Waals surface area contributed by atoms with Crippen molar-refractivity contribution < 1.29 is 17.9 Å². The van der Waals surface area contributed by atoms with Gasteiger partial charge < -0.3 is 9.47 Å². The van der Waals surface area contributed by atoms with Gasteiger partial charge in [0, 0.05) is 0 Å². The molecular weight excluding hydrogens is 360 g/mol. The molecule has 27 heavy (non-hydrogen) atoms. The molecule has 154 valence electrons. The van der Waals surface area contributed by atoms with Gasteiger partial charge in [-0.1, -0.05) is 31.7 Å². The largest absolute Gasteiger partial charge is 0.493 e. The van der Waals surface area contributed by atoms with Crippen molar-refractivity contribution in [3.8, 4) is 11.5 Å². The zero-order chi connectivity index (χ0) is 19.9. The summed E-state index contributed by atoms with van der Waals surface area (Å²) in [6.45, 7) is 3.58. The van der Waals surface area contributed by atoms with E-state index in [1.807, 2.05) is 6.07 Å². The van der Waals surface area contributed by atoms with Crippen LogP contribution in [-0.2, 0) is 16.3 Å². The summed E-state index contributed by atoms with van der Waals surface area (Å²) in [6.07, 6.45) is 9.26. The third-order valence-electron chi connectivity index (χ3n) is 5.93. The molecule has 1 aromatic carbocycles. The zero-order valence-electron chi connectivity index (χ0n) is 17.4. The fraction of sp³-hybridized carbons (Fsp3) is 0.727. The normalized spacial score (nSPS) is 20.6. The SMILES string of the molecule is COc1ccc(CCCCC2CCC(CS(=O)(=O)C(C)C)CC2)cc1OC. The van der Waals surface area contributed by atoms with Gasteiger partial charge in [0.1, 0.15) is 0 Å². The number of hydrogen-bond donors (Lipinski definition) is 0. The smallest absolute Gasteiger partial charge is 0.160 e. The highest BCUT2D eigenvalue weighted by atomic mass is 32.2. The number of aryl methyl sites for hydroxylation is 1. The first-order chi connectivity index (χ1) is 12.9. The van der Waals surface area contributed by atoms with Crippen molar-refractivity contribution in [1.29, 1.82) is 0 Å². The molecule has 0 radical (unpaired) electrons. The minimum Gasteiger partial charge on any atom is -0.493 e. The molecule has 0 bridgehead atoms. The van der Waals surface area contributed by atoms with Gasteiger partial charge in [0.05, 0.1) is 25.2 Å². The van der Waals surface area contributed by atoms with Gasteiger partial charge in [0.2, 0.25) is 0 Å². The highest BCUT2D eigenvalue weighted by Crippen LogP contribution is 2.33. The first-order valence-electron chi connectivity index (χ1n) is 10.3. The molecule has 1 aliphatic rings. The fourth-order valence-corrected chi connectivity index (χ4v) is 5.38. The van der Waals surface area contributed by atoms with Crippen LogP contribution in [0.4, 0.5) is 0 Å². The van der Waals surface area contributed by atoms with Crippen molar-refractivity contribution in [2.45, 2.75) is 70.5 Å². The molecule has 4 nitrogen and oxygen atoms in total. The molecule has 0 aromatic heterocycles. The van der Waals surface area contributed by atoms with Crippen LogP contribution in [-0.4, -0.2) is 33.6 Å². The van der Waals surface area contributed by atoms with Crippen LogP contribution in [0.3, 0.4) is 0 Å². The number of benzene rings is 1. The van der Waals surface area contributed by atoms with E-state index in [9.17, 15) is 8.42 Å². The topological polar surface area (TPSA) is 52.6 Å². The Morgan fingerprint density at radius 1 is 0.963 bits per heavy atom. The maximum atomic E-state index is 12.1. The lowest BCUT2D eigenvalue weighted by atomic mass is 9.80. The lowest BCUT2D eigenvalue weighted by molar-refractivity contribution is 0.273. The van der Waals surface area contributed by atoms with Crippen LogP contribution in [0, 0.1) is 11.8 Å². The van der Waals surface area contributed by atoms with Crippen LogP contribution in [0.15, 0.2) is 18.2 Å². The molecular formula is C22H36O4S. The van der Waals surface area contributed by atoms with E-state index in [0.717, 1.165) is 36.7 Å². The van der Waals surface area contributed by atoms with Crippen molar-refractivity contribution >= 4 is 9.84 Å². The van der Waals surface area contributed by atoms with Gasteiger partial charge >= 0.3 is 0 Å². The standard InChI is InChI=1S/C22H36O4S/c1-17(2)27(23,24)16-20-11-9-18(10-12-20)7-5-6-8-19-13-14-21(25-3)22(15-19)26-4/h13-15,17-18,20H,5-12,16H2,1-4H3. The summed E-state index contributed by atoms with van der Waals surface area (Å²) >= 11 is 0. The fourth-order valence-electron chi connectivity index (χ4n) is 4.01. The predicted molar refractivity (Wildman–Crippen MR) is 111 cm³/mol. The van der Waals surface area contributed by atoms with E-state index in [1.165, 1.54) is 37.7 Å². The van der Waals surface area contributed by atoms with Crippen LogP contribution in [0.1, 0.15) is 64.4 Å². The summed E-state index contributed by atoms with van der Waals surface area (Å²) in [5, 5.41) is -0.244. The Hall–Kier alpha value is -1.23. The van der Waals surface area contributed by atoms with Crippen molar-refractivity contribution in [3.05, 3.63) is 23.8 Å². The lowest BCUT2D eigenvalue weighted by Gasteiger charge is -2.28. The summed E-state index contributed by atoms with van der Waals surface area (Å²) in [6, 6.07) is 6.15. The number of ether oxygens (including phenoxy) is 2. The molecule has 1 aromatic rings. The molecule has 0 N–H and O–H groups in total. The van der Waals surface area contributed by atoms with Crippen molar-refractivity contribution in [2.24, 2.45) is 11.8 Å². The second-order valence-corrected chi connectivity index (χ2v) is 10.8. The molecule has 0 spiro atoms. The monoisotopic (exact) mass is 396 g/mol. The van der Waals surface area contributed by atoms with Gasteiger partial charge in [-0.3, -0.25) is 0 Å². The van der Waals surface area contributed by atoms with E-state index < -0.39 is 9.84 Å². The highest BCUT2D eigenvalue weighted by molar-refractivity contribution is 7.91. The third kappa shape index (κ3) is 6.70. The number of hydrogen-bond acceptors (Lipinski definition) is 4. The van der Waals surface area contributed by atoms with Crippen molar-refractivity contribution in [1.82, 2.24) is 0 Å². The number of unbranched alkanes of at least 4 members (excludes halogenated alkanes) is 1. The predicted octanol–water partition coefficient (Wildman–Crippen LogP) is 5.05. The molecule has 2 rings (SSSR count). The van der Waals surface area contributed by atoms with Crippen LogP contribution in [0.5, 0.6) is 11.5 Å². The Labute approximate surface area is 165 Å². The Morgan fingerprint density at radius 3 is 2.19 bits per heavy atom. The maximum absolute atomic E-state index is 12.1. The average molecular weight is 397 g/mol. The third-order valence-corrected chi connectivity index (χ3v) is 8.30. The summed E-state index contributed by atoms with van der Waals surface area (Å²) in [5.74, 6) is 3.10.